The van der Waals surface area contributed by atoms with Crippen molar-refractivity contribution in [3.8, 4) is 0 Å². The number of nitrogens with zero attached hydrogens (tertiary/aromatic N) is 4. The first kappa shape index (κ1) is 14.0. The van der Waals surface area contributed by atoms with Gasteiger partial charge in [-0.1, -0.05) is 0 Å². The van der Waals surface area contributed by atoms with E-state index in [2.05, 4.69) is 20.1 Å². The molecule has 21 heavy (non-hydrogen) atoms. The van der Waals surface area contributed by atoms with E-state index in [0.717, 1.165) is 43.3 Å². The Hall–Kier alpha value is -1.95. The number of likely N-dealkylation sites (tertiary alicyclic amines) is 1. The summed E-state index contributed by atoms with van der Waals surface area (Å²) in [7, 11) is 0. The van der Waals surface area contributed by atoms with Gasteiger partial charge in [0, 0.05) is 20.0 Å². The maximum Gasteiger partial charge on any atom is 0.191 e. The number of piperidine rings is 1. The Bertz CT molecular complexity index is 580. The van der Waals surface area contributed by atoms with E-state index in [9.17, 15) is 0 Å². The lowest BCUT2D eigenvalue weighted by atomic mass is 9.93. The second-order valence-electron chi connectivity index (χ2n) is 5.75. The van der Waals surface area contributed by atoms with E-state index in [0.29, 0.717) is 11.7 Å². The summed E-state index contributed by atoms with van der Waals surface area (Å²) in [6.07, 6.45) is 5.16. The van der Waals surface area contributed by atoms with Crippen LogP contribution in [0.3, 0.4) is 0 Å². The monoisotopic (exact) mass is 287 g/mol. The summed E-state index contributed by atoms with van der Waals surface area (Å²) < 4.78 is 5.27. The number of aromatic nitrogens is 3. The van der Waals surface area contributed by atoms with Crippen LogP contribution in [0.2, 0.25) is 0 Å². The first-order valence-corrected chi connectivity index (χ1v) is 7.40. The van der Waals surface area contributed by atoms with E-state index < -0.39 is 0 Å². The van der Waals surface area contributed by atoms with Crippen LogP contribution in [-0.2, 0) is 13.0 Å². The highest BCUT2D eigenvalue weighted by molar-refractivity contribution is 5.25. The van der Waals surface area contributed by atoms with Gasteiger partial charge in [0.25, 0.3) is 0 Å². The molecule has 2 aromatic heterocycles. The van der Waals surface area contributed by atoms with Gasteiger partial charge in [-0.25, -0.2) is 4.98 Å². The van der Waals surface area contributed by atoms with Gasteiger partial charge in [-0.05, 0) is 43.9 Å². The fraction of sp³-hybridized carbons (Fsp3) is 0.533. The molecule has 6 heteroatoms. The molecule has 0 aliphatic carbocycles. The van der Waals surface area contributed by atoms with Crippen molar-refractivity contribution in [3.63, 3.8) is 0 Å². The minimum atomic E-state index is 0.477. The number of nitrogens with two attached hydrogens (primary N) is 1. The van der Waals surface area contributed by atoms with Crippen molar-refractivity contribution in [2.24, 2.45) is 5.92 Å². The van der Waals surface area contributed by atoms with Crippen molar-refractivity contribution in [2.75, 3.05) is 18.8 Å². The van der Waals surface area contributed by atoms with Crippen LogP contribution in [0.15, 0.2) is 22.8 Å². The number of anilines is 1. The maximum absolute atomic E-state index is 5.57. The third-order valence-electron chi connectivity index (χ3n) is 3.89. The molecule has 0 bridgehead atoms. The van der Waals surface area contributed by atoms with Crippen LogP contribution < -0.4 is 5.73 Å². The van der Waals surface area contributed by atoms with Crippen molar-refractivity contribution < 1.29 is 4.42 Å². The molecule has 1 aliphatic heterocycles. The predicted molar refractivity (Wildman–Crippen MR) is 79.4 cm³/mol. The molecule has 1 atom stereocenters. The van der Waals surface area contributed by atoms with Gasteiger partial charge < -0.3 is 10.2 Å². The van der Waals surface area contributed by atoms with Crippen molar-refractivity contribution in [2.45, 2.75) is 32.7 Å². The highest BCUT2D eigenvalue weighted by Crippen LogP contribution is 2.21. The van der Waals surface area contributed by atoms with E-state index in [-0.39, 0.29) is 0 Å². The predicted octanol–water partition coefficient (Wildman–Crippen LogP) is 1.81. The molecule has 1 aliphatic rings. The normalized spacial score (nSPS) is 19.8. The van der Waals surface area contributed by atoms with Crippen molar-refractivity contribution in [1.82, 2.24) is 20.1 Å². The summed E-state index contributed by atoms with van der Waals surface area (Å²) in [6, 6.07) is 3.80. The molecule has 2 aromatic rings. The summed E-state index contributed by atoms with van der Waals surface area (Å²) in [6.45, 7) is 4.93. The van der Waals surface area contributed by atoms with Gasteiger partial charge in [-0.2, -0.15) is 5.10 Å². The summed E-state index contributed by atoms with van der Waals surface area (Å²) in [4.78, 5) is 6.82. The highest BCUT2D eigenvalue weighted by atomic mass is 16.3. The van der Waals surface area contributed by atoms with Crippen LogP contribution in [0.5, 0.6) is 0 Å². The zero-order valence-electron chi connectivity index (χ0n) is 12.3. The third-order valence-corrected chi connectivity index (χ3v) is 3.89. The highest BCUT2D eigenvalue weighted by Gasteiger charge is 2.21. The zero-order chi connectivity index (χ0) is 14.7. The Morgan fingerprint density at radius 2 is 2.24 bits per heavy atom. The van der Waals surface area contributed by atoms with Gasteiger partial charge in [0.1, 0.15) is 12.1 Å². The summed E-state index contributed by atoms with van der Waals surface area (Å²) in [5.74, 6) is 1.82. The standard InChI is InChI=1S/C15H21N5O/c1-11-17-14(10-21-11)9-20-6-2-3-12(8-20)7-13-4-5-15(16)19-18-13/h4-5,10,12H,2-3,6-9H2,1H3,(H2,16,19)/t12-/m1/s1. The molecule has 0 radical (unpaired) electrons. The lowest BCUT2D eigenvalue weighted by Gasteiger charge is -2.31. The van der Waals surface area contributed by atoms with Crippen molar-refractivity contribution >= 4 is 5.82 Å². The Morgan fingerprint density at radius 1 is 1.33 bits per heavy atom. The number of nitrogen functional groups attached to an aromatic ring is 1. The molecule has 0 amide bonds. The third kappa shape index (κ3) is 3.78. The van der Waals surface area contributed by atoms with E-state index in [1.807, 2.05) is 19.1 Å². The second-order valence-corrected chi connectivity index (χ2v) is 5.75. The second kappa shape index (κ2) is 6.22. The van der Waals surface area contributed by atoms with Crippen LogP contribution in [-0.4, -0.2) is 33.2 Å². The van der Waals surface area contributed by atoms with E-state index in [4.69, 9.17) is 10.2 Å². The molecule has 1 saturated heterocycles. The summed E-state index contributed by atoms with van der Waals surface area (Å²) in [5.41, 5.74) is 7.61. The van der Waals surface area contributed by atoms with E-state index >= 15 is 0 Å². The summed E-state index contributed by atoms with van der Waals surface area (Å²) >= 11 is 0. The topological polar surface area (TPSA) is 81.1 Å². The summed E-state index contributed by atoms with van der Waals surface area (Å²) in [5, 5.41) is 8.09. The van der Waals surface area contributed by atoms with Crippen molar-refractivity contribution in [3.05, 3.63) is 35.7 Å². The van der Waals surface area contributed by atoms with Gasteiger partial charge in [-0.3, -0.25) is 4.90 Å². The van der Waals surface area contributed by atoms with Crippen LogP contribution in [0.1, 0.15) is 30.1 Å². The molecule has 6 nitrogen and oxygen atoms in total. The average Bonchev–Trinajstić information content (AvgIpc) is 2.87. The number of rotatable bonds is 4. The zero-order valence-corrected chi connectivity index (χ0v) is 12.3. The maximum atomic E-state index is 5.57. The van der Waals surface area contributed by atoms with Crippen LogP contribution in [0.4, 0.5) is 5.82 Å². The molecule has 0 spiro atoms. The Morgan fingerprint density at radius 3 is 2.95 bits per heavy atom. The Kier molecular flexibility index (Phi) is 4.15. The molecular formula is C15H21N5O. The molecule has 0 aromatic carbocycles. The minimum Gasteiger partial charge on any atom is -0.449 e. The first-order valence-electron chi connectivity index (χ1n) is 7.40. The van der Waals surface area contributed by atoms with Gasteiger partial charge in [0.05, 0.1) is 11.4 Å². The molecule has 112 valence electrons. The van der Waals surface area contributed by atoms with Crippen LogP contribution in [0, 0.1) is 12.8 Å². The molecule has 2 N–H and O–H groups in total. The number of hydrogen-bond acceptors (Lipinski definition) is 6. The number of aryl methyl sites for hydroxylation is 1. The lowest BCUT2D eigenvalue weighted by Crippen LogP contribution is -2.36. The minimum absolute atomic E-state index is 0.477. The fourth-order valence-corrected chi connectivity index (χ4v) is 2.95. The Balaban J connectivity index is 1.56. The van der Waals surface area contributed by atoms with Crippen LogP contribution in [0.25, 0.3) is 0 Å². The van der Waals surface area contributed by atoms with Gasteiger partial charge >= 0.3 is 0 Å². The quantitative estimate of drug-likeness (QED) is 0.923. The average molecular weight is 287 g/mol. The van der Waals surface area contributed by atoms with Gasteiger partial charge in [0.2, 0.25) is 0 Å². The molecular weight excluding hydrogens is 266 g/mol. The van der Waals surface area contributed by atoms with E-state index in [1.165, 1.54) is 12.8 Å². The molecule has 1 fully saturated rings. The first-order chi connectivity index (χ1) is 10.2. The Labute approximate surface area is 124 Å². The largest absolute Gasteiger partial charge is 0.449 e. The van der Waals surface area contributed by atoms with E-state index in [1.54, 1.807) is 6.26 Å². The smallest absolute Gasteiger partial charge is 0.191 e. The molecule has 3 rings (SSSR count). The van der Waals surface area contributed by atoms with Gasteiger partial charge in [-0.15, -0.1) is 5.10 Å². The number of oxazole rings is 1. The SMILES string of the molecule is Cc1nc(CN2CCC[C@H](Cc3ccc(N)nn3)C2)co1. The lowest BCUT2D eigenvalue weighted by molar-refractivity contribution is 0.164. The molecule has 0 unspecified atom stereocenters. The number of hydrogen-bond donors (Lipinski definition) is 1. The van der Waals surface area contributed by atoms with Crippen molar-refractivity contribution in [1.29, 1.82) is 0 Å². The van der Waals surface area contributed by atoms with Crippen LogP contribution >= 0.6 is 0 Å². The molecule has 0 saturated carbocycles. The van der Waals surface area contributed by atoms with Gasteiger partial charge in [0.15, 0.2) is 5.89 Å². The molecule has 3 heterocycles. The fourth-order valence-electron chi connectivity index (χ4n) is 2.95.